The van der Waals surface area contributed by atoms with Crippen LogP contribution in [0.1, 0.15) is 35.8 Å². The van der Waals surface area contributed by atoms with Crippen molar-refractivity contribution in [2.75, 3.05) is 20.1 Å². The maximum absolute atomic E-state index is 2.49. The van der Waals surface area contributed by atoms with Crippen molar-refractivity contribution in [2.24, 2.45) is 0 Å². The molecule has 1 nitrogen and oxygen atoms in total. The highest BCUT2D eigenvalue weighted by Gasteiger charge is 2.33. The van der Waals surface area contributed by atoms with Crippen LogP contribution < -0.4 is 0 Å². The summed E-state index contributed by atoms with van der Waals surface area (Å²) in [6.07, 6.45) is 2.74. The Hall–Kier alpha value is -0.530. The third-order valence-corrected chi connectivity index (χ3v) is 3.84. The molecule has 0 amide bonds. The molecular weight excluding hydrogens is 206 g/mol. The Bertz CT molecular complexity index is 348. The van der Waals surface area contributed by atoms with Crippen LogP contribution in [0, 0.1) is 0 Å². The summed E-state index contributed by atoms with van der Waals surface area (Å²) in [7, 11) is 2.25. The van der Waals surface area contributed by atoms with Crippen molar-refractivity contribution >= 4 is 12.4 Å². The molecule has 2 aliphatic rings. The van der Waals surface area contributed by atoms with Crippen molar-refractivity contribution < 1.29 is 0 Å². The van der Waals surface area contributed by atoms with Gasteiger partial charge in [0.25, 0.3) is 0 Å². The van der Waals surface area contributed by atoms with Gasteiger partial charge >= 0.3 is 0 Å². The molecule has 0 N–H and O–H groups in total. The van der Waals surface area contributed by atoms with Gasteiger partial charge in [-0.3, -0.25) is 0 Å². The lowest BCUT2D eigenvalue weighted by Crippen LogP contribution is -2.23. The minimum absolute atomic E-state index is 0. The molecule has 1 aromatic carbocycles. The van der Waals surface area contributed by atoms with Crippen molar-refractivity contribution in [3.63, 3.8) is 0 Å². The molecule has 1 aliphatic carbocycles. The molecule has 0 saturated carbocycles. The second-order valence-corrected chi connectivity index (χ2v) is 4.81. The summed E-state index contributed by atoms with van der Waals surface area (Å²) >= 11 is 0. The molecule has 1 heterocycles. The Balaban J connectivity index is 0.000000853. The molecule has 82 valence electrons. The predicted octanol–water partition coefficient (Wildman–Crippen LogP) is 3.01. The Kier molecular flexibility index (Phi) is 3.03. The van der Waals surface area contributed by atoms with E-state index in [9.17, 15) is 0 Å². The lowest BCUT2D eigenvalue weighted by Gasteiger charge is -2.21. The number of likely N-dealkylation sites (tertiary alicyclic amines) is 1. The van der Waals surface area contributed by atoms with Gasteiger partial charge in [0.15, 0.2) is 0 Å². The van der Waals surface area contributed by atoms with Gasteiger partial charge in [-0.05, 0) is 49.4 Å². The third-order valence-electron chi connectivity index (χ3n) is 3.84. The minimum atomic E-state index is 0. The van der Waals surface area contributed by atoms with Gasteiger partial charge in [0.05, 0.1) is 0 Å². The monoisotopic (exact) mass is 223 g/mol. The van der Waals surface area contributed by atoms with Crippen LogP contribution >= 0.6 is 12.4 Å². The highest BCUT2D eigenvalue weighted by molar-refractivity contribution is 5.85. The lowest BCUT2D eigenvalue weighted by molar-refractivity contribution is 0.328. The van der Waals surface area contributed by atoms with E-state index in [0.29, 0.717) is 0 Å². The second kappa shape index (κ2) is 4.15. The van der Waals surface area contributed by atoms with Crippen LogP contribution in [0.15, 0.2) is 24.3 Å². The first-order valence-electron chi connectivity index (χ1n) is 5.62. The predicted molar refractivity (Wildman–Crippen MR) is 65.9 cm³/mol. The normalized spacial score (nSPS) is 29.1. The van der Waals surface area contributed by atoms with Crippen LogP contribution in [-0.4, -0.2) is 25.0 Å². The molecule has 15 heavy (non-hydrogen) atoms. The Morgan fingerprint density at radius 3 is 2.53 bits per heavy atom. The first-order valence-corrected chi connectivity index (χ1v) is 5.62. The van der Waals surface area contributed by atoms with E-state index in [0.717, 1.165) is 11.8 Å². The minimum Gasteiger partial charge on any atom is -0.306 e. The highest BCUT2D eigenvalue weighted by Crippen LogP contribution is 2.45. The van der Waals surface area contributed by atoms with E-state index in [1.807, 2.05) is 0 Å². The number of hydrogen-bond donors (Lipinski definition) is 0. The molecule has 3 rings (SSSR count). The second-order valence-electron chi connectivity index (χ2n) is 4.81. The molecule has 2 heteroatoms. The first-order chi connectivity index (χ1) is 6.84. The first kappa shape index (κ1) is 11.0. The van der Waals surface area contributed by atoms with E-state index >= 15 is 0 Å². The molecule has 1 saturated heterocycles. The average molecular weight is 224 g/mol. The van der Waals surface area contributed by atoms with Crippen LogP contribution in [0.5, 0.6) is 0 Å². The van der Waals surface area contributed by atoms with Crippen molar-refractivity contribution in [1.82, 2.24) is 4.90 Å². The largest absolute Gasteiger partial charge is 0.306 e. The van der Waals surface area contributed by atoms with E-state index in [-0.39, 0.29) is 12.4 Å². The van der Waals surface area contributed by atoms with Gasteiger partial charge in [-0.25, -0.2) is 0 Å². The van der Waals surface area contributed by atoms with Crippen LogP contribution in [0.4, 0.5) is 0 Å². The summed E-state index contributed by atoms with van der Waals surface area (Å²) in [5.74, 6) is 1.66. The molecule has 1 fully saturated rings. The van der Waals surface area contributed by atoms with Crippen molar-refractivity contribution in [2.45, 2.75) is 24.7 Å². The number of halogens is 1. The van der Waals surface area contributed by atoms with Gasteiger partial charge in [0.2, 0.25) is 0 Å². The molecule has 1 aliphatic heterocycles. The molecule has 1 aromatic rings. The van der Waals surface area contributed by atoms with Crippen LogP contribution in [-0.2, 0) is 0 Å². The summed E-state index contributed by atoms with van der Waals surface area (Å²) < 4.78 is 0. The zero-order valence-corrected chi connectivity index (χ0v) is 9.96. The van der Waals surface area contributed by atoms with Gasteiger partial charge < -0.3 is 4.90 Å². The quantitative estimate of drug-likeness (QED) is 0.654. The molecule has 0 radical (unpaired) electrons. The fraction of sp³-hybridized carbons (Fsp3) is 0.538. The summed E-state index contributed by atoms with van der Waals surface area (Å²) in [6, 6.07) is 9.06. The smallest absolute Gasteiger partial charge is 0.00475 e. The Morgan fingerprint density at radius 2 is 1.80 bits per heavy atom. The maximum atomic E-state index is 2.49. The summed E-state index contributed by atoms with van der Waals surface area (Å²) in [4.78, 5) is 2.49. The van der Waals surface area contributed by atoms with Gasteiger partial charge in [-0.15, -0.1) is 12.4 Å². The lowest BCUT2D eigenvalue weighted by atomic mass is 9.98. The molecule has 0 aromatic heterocycles. The fourth-order valence-electron chi connectivity index (χ4n) is 3.14. The molecule has 0 spiro atoms. The van der Waals surface area contributed by atoms with E-state index < -0.39 is 0 Å². The molecule has 2 bridgehead atoms. The summed E-state index contributed by atoms with van der Waals surface area (Å²) in [5.41, 5.74) is 3.27. The van der Waals surface area contributed by atoms with E-state index in [4.69, 9.17) is 0 Å². The van der Waals surface area contributed by atoms with Crippen molar-refractivity contribution in [1.29, 1.82) is 0 Å². The zero-order chi connectivity index (χ0) is 9.54. The average Bonchev–Trinajstić information content (AvgIpc) is 2.40. The molecule has 2 unspecified atom stereocenters. The zero-order valence-electron chi connectivity index (χ0n) is 9.15. The number of likely N-dealkylation sites (N-methyl/N-ethyl adjacent to an activating group) is 1. The topological polar surface area (TPSA) is 3.24 Å². The SMILES string of the molecule is CN1CCC2CC(C1)c1ccccc12.Cl. The number of nitrogens with zero attached hydrogens (tertiary/aromatic N) is 1. The van der Waals surface area contributed by atoms with E-state index in [1.54, 1.807) is 11.1 Å². The van der Waals surface area contributed by atoms with Gasteiger partial charge in [0.1, 0.15) is 0 Å². The van der Waals surface area contributed by atoms with Gasteiger partial charge in [-0.2, -0.15) is 0 Å². The van der Waals surface area contributed by atoms with Gasteiger partial charge in [-0.1, -0.05) is 24.3 Å². The van der Waals surface area contributed by atoms with Crippen LogP contribution in [0.25, 0.3) is 0 Å². The van der Waals surface area contributed by atoms with E-state index in [1.165, 1.54) is 25.9 Å². The third kappa shape index (κ3) is 1.79. The number of benzene rings is 1. The standard InChI is InChI=1S/C13H17N.ClH/c1-14-7-6-10-8-11(9-14)13-5-3-2-4-12(10)13;/h2-5,10-11H,6-9H2,1H3;1H. The highest BCUT2D eigenvalue weighted by atomic mass is 35.5. The Labute approximate surface area is 97.9 Å². The fourth-order valence-corrected chi connectivity index (χ4v) is 3.14. The summed E-state index contributed by atoms with van der Waals surface area (Å²) in [5, 5.41) is 0. The van der Waals surface area contributed by atoms with E-state index in [2.05, 4.69) is 36.2 Å². The number of hydrogen-bond acceptors (Lipinski definition) is 1. The Morgan fingerprint density at radius 1 is 1.13 bits per heavy atom. The number of rotatable bonds is 0. The van der Waals surface area contributed by atoms with Gasteiger partial charge in [0, 0.05) is 6.54 Å². The molecule has 2 atom stereocenters. The van der Waals surface area contributed by atoms with Crippen molar-refractivity contribution in [3.05, 3.63) is 35.4 Å². The summed E-state index contributed by atoms with van der Waals surface area (Å²) in [6.45, 7) is 2.53. The number of fused-ring (bicyclic) bond motifs is 5. The van der Waals surface area contributed by atoms with Crippen LogP contribution in [0.3, 0.4) is 0 Å². The van der Waals surface area contributed by atoms with Crippen molar-refractivity contribution in [3.8, 4) is 0 Å². The maximum Gasteiger partial charge on any atom is 0.00475 e. The molecular formula is C13H18ClN. The van der Waals surface area contributed by atoms with Crippen LogP contribution in [0.2, 0.25) is 0 Å².